The number of anilines is 2. The van der Waals surface area contributed by atoms with Crippen LogP contribution in [-0.2, 0) is 9.47 Å². The van der Waals surface area contributed by atoms with Crippen molar-refractivity contribution in [3.05, 3.63) is 11.8 Å². The molecule has 2 fully saturated rings. The van der Waals surface area contributed by atoms with Crippen LogP contribution in [0.5, 0.6) is 0 Å². The summed E-state index contributed by atoms with van der Waals surface area (Å²) in [4.78, 5) is 17.5. The summed E-state index contributed by atoms with van der Waals surface area (Å²) in [7, 11) is 0. The molecule has 0 aliphatic carbocycles. The molecule has 0 atom stereocenters. The van der Waals surface area contributed by atoms with Gasteiger partial charge in [-0.05, 0) is 13.0 Å². The third kappa shape index (κ3) is 3.86. The number of aromatic amines is 1. The lowest BCUT2D eigenvalue weighted by Crippen LogP contribution is -2.39. The third-order valence-electron chi connectivity index (χ3n) is 4.73. The van der Waals surface area contributed by atoms with E-state index in [9.17, 15) is 0 Å². The van der Waals surface area contributed by atoms with Crippen LogP contribution < -0.4 is 10.2 Å². The summed E-state index contributed by atoms with van der Waals surface area (Å²) in [5.74, 6) is 1.68. The average molecular weight is 346 g/mol. The van der Waals surface area contributed by atoms with E-state index in [1.807, 2.05) is 6.92 Å². The number of aryl methyl sites for hydroxylation is 1. The Morgan fingerprint density at radius 2 is 1.80 bits per heavy atom. The van der Waals surface area contributed by atoms with E-state index in [0.717, 1.165) is 94.2 Å². The largest absolute Gasteiger partial charge is 0.379 e. The molecule has 4 heterocycles. The summed E-state index contributed by atoms with van der Waals surface area (Å²) < 4.78 is 10.8. The van der Waals surface area contributed by atoms with Gasteiger partial charge in [-0.25, -0.2) is 0 Å². The van der Waals surface area contributed by atoms with Crippen LogP contribution in [0.2, 0.25) is 0 Å². The van der Waals surface area contributed by atoms with Crippen LogP contribution in [0.25, 0.3) is 11.0 Å². The molecule has 2 N–H and O–H groups in total. The topological polar surface area (TPSA) is 78.5 Å². The number of rotatable bonds is 5. The number of ether oxygens (including phenoxy) is 2. The second-order valence-corrected chi connectivity index (χ2v) is 6.57. The lowest BCUT2D eigenvalue weighted by Gasteiger charge is -2.28. The van der Waals surface area contributed by atoms with Gasteiger partial charge in [-0.15, -0.1) is 0 Å². The molecule has 0 unspecified atom stereocenters. The van der Waals surface area contributed by atoms with E-state index in [4.69, 9.17) is 19.4 Å². The van der Waals surface area contributed by atoms with E-state index in [0.29, 0.717) is 0 Å². The molecule has 25 heavy (non-hydrogen) atoms. The number of H-pyrrole nitrogens is 1. The Balaban J connectivity index is 1.51. The second-order valence-electron chi connectivity index (χ2n) is 6.57. The Labute approximate surface area is 147 Å². The molecular weight excluding hydrogens is 320 g/mol. The minimum atomic E-state index is 0.727. The number of hydrogen-bond donors (Lipinski definition) is 2. The summed E-state index contributed by atoms with van der Waals surface area (Å²) in [6.07, 6.45) is 0. The minimum absolute atomic E-state index is 0.727. The van der Waals surface area contributed by atoms with Crippen LogP contribution in [0.4, 0.5) is 11.8 Å². The molecule has 2 aromatic rings. The summed E-state index contributed by atoms with van der Waals surface area (Å²) in [5, 5.41) is 4.57. The van der Waals surface area contributed by atoms with Gasteiger partial charge in [0.15, 0.2) is 0 Å². The quantitative estimate of drug-likeness (QED) is 0.831. The highest BCUT2D eigenvalue weighted by atomic mass is 16.5. The lowest BCUT2D eigenvalue weighted by atomic mass is 10.3. The van der Waals surface area contributed by atoms with Crippen LogP contribution in [-0.4, -0.2) is 85.5 Å². The molecule has 2 saturated heterocycles. The van der Waals surface area contributed by atoms with Gasteiger partial charge in [-0.3, -0.25) is 4.90 Å². The Morgan fingerprint density at radius 1 is 1.08 bits per heavy atom. The van der Waals surface area contributed by atoms with E-state index < -0.39 is 0 Å². The Bertz CT molecular complexity index is 706. The van der Waals surface area contributed by atoms with Crippen molar-refractivity contribution in [2.75, 3.05) is 75.9 Å². The van der Waals surface area contributed by atoms with Crippen molar-refractivity contribution in [3.63, 3.8) is 0 Å². The average Bonchev–Trinajstić information content (AvgIpc) is 3.03. The first-order chi connectivity index (χ1) is 12.3. The van der Waals surface area contributed by atoms with Gasteiger partial charge >= 0.3 is 0 Å². The second kappa shape index (κ2) is 7.55. The molecule has 2 aliphatic rings. The van der Waals surface area contributed by atoms with E-state index in [-0.39, 0.29) is 0 Å². The Hall–Kier alpha value is -1.90. The number of aromatic nitrogens is 3. The van der Waals surface area contributed by atoms with E-state index in [1.165, 1.54) is 0 Å². The highest BCUT2D eigenvalue weighted by molar-refractivity contribution is 5.89. The van der Waals surface area contributed by atoms with Crippen molar-refractivity contribution in [2.45, 2.75) is 6.92 Å². The fourth-order valence-electron chi connectivity index (χ4n) is 3.33. The smallest absolute Gasteiger partial charge is 0.229 e. The number of morpholine rings is 2. The predicted octanol–water partition coefficient (Wildman–Crippen LogP) is 0.847. The van der Waals surface area contributed by atoms with Crippen molar-refractivity contribution in [1.82, 2.24) is 19.9 Å². The van der Waals surface area contributed by atoms with E-state index in [1.54, 1.807) is 0 Å². The molecule has 2 aliphatic heterocycles. The highest BCUT2D eigenvalue weighted by Crippen LogP contribution is 2.24. The van der Waals surface area contributed by atoms with Crippen molar-refractivity contribution < 1.29 is 9.47 Å². The molecular formula is C17H26N6O2. The molecule has 4 rings (SSSR count). The van der Waals surface area contributed by atoms with Gasteiger partial charge in [0.1, 0.15) is 11.5 Å². The van der Waals surface area contributed by atoms with Gasteiger partial charge in [-0.1, -0.05) is 0 Å². The van der Waals surface area contributed by atoms with Gasteiger partial charge in [0.25, 0.3) is 0 Å². The summed E-state index contributed by atoms with van der Waals surface area (Å²) in [6.45, 7) is 10.7. The lowest BCUT2D eigenvalue weighted by molar-refractivity contribution is 0.0398. The molecule has 0 saturated carbocycles. The van der Waals surface area contributed by atoms with Crippen molar-refractivity contribution >= 4 is 22.8 Å². The van der Waals surface area contributed by atoms with Crippen LogP contribution in [0.1, 0.15) is 5.69 Å². The molecule has 2 aromatic heterocycles. The van der Waals surface area contributed by atoms with Gasteiger partial charge < -0.3 is 24.7 Å². The van der Waals surface area contributed by atoms with Crippen LogP contribution in [0.3, 0.4) is 0 Å². The van der Waals surface area contributed by atoms with Crippen molar-refractivity contribution in [3.8, 4) is 0 Å². The number of hydrogen-bond acceptors (Lipinski definition) is 7. The predicted molar refractivity (Wildman–Crippen MR) is 97.4 cm³/mol. The maximum absolute atomic E-state index is 5.44. The zero-order valence-electron chi connectivity index (χ0n) is 14.8. The van der Waals surface area contributed by atoms with Gasteiger partial charge in [0.2, 0.25) is 5.95 Å². The fraction of sp³-hybridized carbons (Fsp3) is 0.647. The van der Waals surface area contributed by atoms with Crippen LogP contribution in [0, 0.1) is 6.92 Å². The van der Waals surface area contributed by atoms with Gasteiger partial charge in [-0.2, -0.15) is 9.97 Å². The van der Waals surface area contributed by atoms with Crippen molar-refractivity contribution in [1.29, 1.82) is 0 Å². The molecule has 8 nitrogen and oxygen atoms in total. The van der Waals surface area contributed by atoms with Gasteiger partial charge in [0.05, 0.1) is 31.8 Å². The first kappa shape index (κ1) is 16.6. The van der Waals surface area contributed by atoms with Crippen LogP contribution >= 0.6 is 0 Å². The fourth-order valence-corrected chi connectivity index (χ4v) is 3.33. The van der Waals surface area contributed by atoms with Gasteiger partial charge in [0, 0.05) is 45.0 Å². The molecule has 0 spiro atoms. The number of nitrogens with zero attached hydrogens (tertiary/aromatic N) is 4. The maximum Gasteiger partial charge on any atom is 0.229 e. The number of fused-ring (bicyclic) bond motifs is 1. The Kier molecular flexibility index (Phi) is 5.00. The Morgan fingerprint density at radius 3 is 2.56 bits per heavy atom. The molecule has 0 radical (unpaired) electrons. The maximum atomic E-state index is 5.44. The molecule has 0 aromatic carbocycles. The molecule has 8 heteroatoms. The molecule has 136 valence electrons. The first-order valence-electron chi connectivity index (χ1n) is 9.03. The molecule has 0 bridgehead atoms. The SMILES string of the molecule is Cc1cc2c(NCCN3CCOCC3)nc(N3CCOCC3)nc2[nH]1. The van der Waals surface area contributed by atoms with Crippen molar-refractivity contribution in [2.24, 2.45) is 0 Å². The zero-order valence-corrected chi connectivity index (χ0v) is 14.8. The van der Waals surface area contributed by atoms with Crippen LogP contribution in [0.15, 0.2) is 6.07 Å². The first-order valence-corrected chi connectivity index (χ1v) is 9.03. The molecule has 0 amide bonds. The third-order valence-corrected chi connectivity index (χ3v) is 4.73. The summed E-state index contributed by atoms with van der Waals surface area (Å²) >= 11 is 0. The van der Waals surface area contributed by atoms with E-state index in [2.05, 4.69) is 26.2 Å². The monoisotopic (exact) mass is 346 g/mol. The van der Waals surface area contributed by atoms with E-state index >= 15 is 0 Å². The number of nitrogens with one attached hydrogen (secondary N) is 2. The summed E-state index contributed by atoms with van der Waals surface area (Å²) in [6, 6.07) is 2.11. The standard InChI is InChI=1S/C17H26N6O2/c1-13-12-14-15(18-2-3-22-4-8-24-9-5-22)20-17(21-16(14)19-13)23-6-10-25-11-7-23/h12H,2-11H2,1H3,(H2,18,19,20,21). The summed E-state index contributed by atoms with van der Waals surface area (Å²) in [5.41, 5.74) is 1.99. The highest BCUT2D eigenvalue weighted by Gasteiger charge is 2.18. The zero-order chi connectivity index (χ0) is 17.1. The minimum Gasteiger partial charge on any atom is -0.379 e. The normalized spacial score (nSPS) is 19.5.